The molecule has 0 spiro atoms. The van der Waals surface area contributed by atoms with Gasteiger partial charge >= 0.3 is 0 Å². The standard InChI is InChI=1S/C16H9ClF3N3/c1-8-15(9-2-3-14(17)21-6-9)11(7-22-23-8)16-12(19)4-10(18)5-13(16)20/h2-7H,1H3. The van der Waals surface area contributed by atoms with E-state index in [1.54, 1.807) is 19.1 Å². The molecule has 0 fully saturated rings. The van der Waals surface area contributed by atoms with Crippen LogP contribution in [-0.2, 0) is 0 Å². The molecule has 2 aromatic heterocycles. The SMILES string of the molecule is Cc1nncc(-c2c(F)cc(F)cc2F)c1-c1ccc(Cl)nc1. The fourth-order valence-corrected chi connectivity index (χ4v) is 2.47. The van der Waals surface area contributed by atoms with Gasteiger partial charge in [0.2, 0.25) is 0 Å². The van der Waals surface area contributed by atoms with Crippen molar-refractivity contribution in [1.82, 2.24) is 15.2 Å². The van der Waals surface area contributed by atoms with Crippen LogP contribution in [0.5, 0.6) is 0 Å². The van der Waals surface area contributed by atoms with Gasteiger partial charge in [-0.05, 0) is 19.1 Å². The van der Waals surface area contributed by atoms with Crippen LogP contribution >= 0.6 is 11.6 Å². The van der Waals surface area contributed by atoms with Crippen molar-refractivity contribution in [3.63, 3.8) is 0 Å². The van der Waals surface area contributed by atoms with Gasteiger partial charge in [0.1, 0.15) is 22.6 Å². The van der Waals surface area contributed by atoms with Crippen LogP contribution in [0.3, 0.4) is 0 Å². The summed E-state index contributed by atoms with van der Waals surface area (Å²) in [6.45, 7) is 1.65. The number of halogens is 4. The maximum Gasteiger partial charge on any atom is 0.136 e. The van der Waals surface area contributed by atoms with Crippen LogP contribution in [0.15, 0.2) is 36.7 Å². The zero-order valence-electron chi connectivity index (χ0n) is 11.8. The van der Waals surface area contributed by atoms with Crippen molar-refractivity contribution in [2.24, 2.45) is 0 Å². The highest BCUT2D eigenvalue weighted by Gasteiger charge is 2.20. The fourth-order valence-electron chi connectivity index (χ4n) is 2.36. The Bertz CT molecular complexity index is 859. The molecule has 0 aliphatic heterocycles. The second-order valence-electron chi connectivity index (χ2n) is 4.83. The normalized spacial score (nSPS) is 10.8. The second-order valence-corrected chi connectivity index (χ2v) is 5.22. The molecule has 2 heterocycles. The van der Waals surface area contributed by atoms with E-state index in [2.05, 4.69) is 15.2 Å². The van der Waals surface area contributed by atoms with Crippen LogP contribution in [-0.4, -0.2) is 15.2 Å². The third-order valence-corrected chi connectivity index (χ3v) is 3.54. The summed E-state index contributed by atoms with van der Waals surface area (Å²) in [6.07, 6.45) is 2.70. The lowest BCUT2D eigenvalue weighted by Gasteiger charge is -2.13. The van der Waals surface area contributed by atoms with Gasteiger partial charge in [-0.2, -0.15) is 10.2 Å². The first-order chi connectivity index (χ1) is 11.0. The van der Waals surface area contributed by atoms with Gasteiger partial charge < -0.3 is 0 Å². The highest BCUT2D eigenvalue weighted by atomic mass is 35.5. The lowest BCUT2D eigenvalue weighted by atomic mass is 9.95. The van der Waals surface area contributed by atoms with E-state index in [9.17, 15) is 13.2 Å². The van der Waals surface area contributed by atoms with Crippen LogP contribution < -0.4 is 0 Å². The lowest BCUT2D eigenvalue weighted by Crippen LogP contribution is -2.00. The van der Waals surface area contributed by atoms with Crippen molar-refractivity contribution in [3.8, 4) is 22.3 Å². The van der Waals surface area contributed by atoms with Gasteiger partial charge in [-0.3, -0.25) is 0 Å². The summed E-state index contributed by atoms with van der Waals surface area (Å²) in [7, 11) is 0. The van der Waals surface area contributed by atoms with Crippen molar-refractivity contribution in [2.75, 3.05) is 0 Å². The van der Waals surface area contributed by atoms with Gasteiger partial charge in [0.25, 0.3) is 0 Å². The lowest BCUT2D eigenvalue weighted by molar-refractivity contribution is 0.548. The Kier molecular flexibility index (Phi) is 4.00. The van der Waals surface area contributed by atoms with E-state index < -0.39 is 17.5 Å². The molecule has 0 amide bonds. The topological polar surface area (TPSA) is 38.7 Å². The second kappa shape index (κ2) is 5.96. The zero-order valence-corrected chi connectivity index (χ0v) is 12.6. The van der Waals surface area contributed by atoms with E-state index in [4.69, 9.17) is 11.6 Å². The van der Waals surface area contributed by atoms with Crippen molar-refractivity contribution in [3.05, 3.63) is 65.0 Å². The average molecular weight is 336 g/mol. The first-order valence-electron chi connectivity index (χ1n) is 6.56. The molecule has 3 aromatic rings. The molecular formula is C16H9ClF3N3. The number of hydrogen-bond donors (Lipinski definition) is 0. The summed E-state index contributed by atoms with van der Waals surface area (Å²) >= 11 is 5.76. The van der Waals surface area contributed by atoms with E-state index in [1.165, 1.54) is 12.4 Å². The molecule has 0 saturated heterocycles. The zero-order chi connectivity index (χ0) is 16.6. The van der Waals surface area contributed by atoms with E-state index in [1.807, 2.05) is 0 Å². The summed E-state index contributed by atoms with van der Waals surface area (Å²) in [5, 5.41) is 7.94. The van der Waals surface area contributed by atoms with Gasteiger partial charge in [0, 0.05) is 35.0 Å². The van der Waals surface area contributed by atoms with E-state index in [0.717, 1.165) is 0 Å². The predicted molar refractivity (Wildman–Crippen MR) is 80.3 cm³/mol. The third kappa shape index (κ3) is 2.90. The number of hydrogen-bond acceptors (Lipinski definition) is 3. The maximum absolute atomic E-state index is 14.1. The van der Waals surface area contributed by atoms with Crippen LogP contribution in [0, 0.1) is 24.4 Å². The Morgan fingerprint density at radius 3 is 2.26 bits per heavy atom. The fraction of sp³-hybridized carbons (Fsp3) is 0.0625. The molecule has 0 atom stereocenters. The Morgan fingerprint density at radius 1 is 0.957 bits per heavy atom. The van der Waals surface area contributed by atoms with Crippen molar-refractivity contribution in [2.45, 2.75) is 6.92 Å². The minimum Gasteiger partial charge on any atom is -0.244 e. The van der Waals surface area contributed by atoms with E-state index >= 15 is 0 Å². The minimum absolute atomic E-state index is 0.164. The summed E-state index contributed by atoms with van der Waals surface area (Å²) in [6, 6.07) is 4.45. The van der Waals surface area contributed by atoms with Crippen LogP contribution in [0.2, 0.25) is 5.15 Å². The highest BCUT2D eigenvalue weighted by Crippen LogP contribution is 2.36. The molecule has 0 aliphatic carbocycles. The molecule has 7 heteroatoms. The van der Waals surface area contributed by atoms with Crippen molar-refractivity contribution < 1.29 is 13.2 Å². The predicted octanol–water partition coefficient (Wildman–Crippen LogP) is 4.58. The molecule has 3 rings (SSSR count). The number of rotatable bonds is 2. The smallest absolute Gasteiger partial charge is 0.136 e. The van der Waals surface area contributed by atoms with E-state index in [0.29, 0.717) is 29.0 Å². The van der Waals surface area contributed by atoms with Crippen LogP contribution in [0.1, 0.15) is 5.69 Å². The third-order valence-electron chi connectivity index (χ3n) is 3.32. The summed E-state index contributed by atoms with van der Waals surface area (Å²) in [5.74, 6) is -3.02. The van der Waals surface area contributed by atoms with Gasteiger partial charge in [-0.1, -0.05) is 11.6 Å². The Morgan fingerprint density at radius 2 is 1.65 bits per heavy atom. The van der Waals surface area contributed by atoms with Crippen molar-refractivity contribution >= 4 is 11.6 Å². The molecule has 0 radical (unpaired) electrons. The van der Waals surface area contributed by atoms with E-state index in [-0.39, 0.29) is 16.3 Å². The highest BCUT2D eigenvalue weighted by molar-refractivity contribution is 6.29. The molecular weight excluding hydrogens is 327 g/mol. The van der Waals surface area contributed by atoms with Crippen LogP contribution in [0.25, 0.3) is 22.3 Å². The minimum atomic E-state index is -1.02. The number of aryl methyl sites for hydroxylation is 1. The summed E-state index contributed by atoms with van der Waals surface area (Å²) in [5.41, 5.74) is 1.27. The van der Waals surface area contributed by atoms with Gasteiger partial charge in [0.15, 0.2) is 0 Å². The average Bonchev–Trinajstić information content (AvgIpc) is 2.48. The molecule has 0 aliphatic rings. The molecule has 3 nitrogen and oxygen atoms in total. The molecule has 1 aromatic carbocycles. The Hall–Kier alpha value is -2.47. The summed E-state index contributed by atoms with van der Waals surface area (Å²) in [4.78, 5) is 3.96. The molecule has 0 saturated carbocycles. The quantitative estimate of drug-likeness (QED) is 0.643. The van der Waals surface area contributed by atoms with Gasteiger partial charge in [0.05, 0.1) is 17.5 Å². The number of pyridine rings is 1. The molecule has 116 valence electrons. The van der Waals surface area contributed by atoms with Crippen LogP contribution in [0.4, 0.5) is 13.2 Å². The first kappa shape index (κ1) is 15.4. The monoisotopic (exact) mass is 335 g/mol. The Labute approximate surface area is 134 Å². The Balaban J connectivity index is 2.30. The number of aromatic nitrogens is 3. The maximum atomic E-state index is 14.1. The molecule has 0 bridgehead atoms. The number of benzene rings is 1. The largest absolute Gasteiger partial charge is 0.244 e. The summed E-state index contributed by atoms with van der Waals surface area (Å²) < 4.78 is 41.4. The van der Waals surface area contributed by atoms with Gasteiger partial charge in [-0.25, -0.2) is 18.2 Å². The van der Waals surface area contributed by atoms with Gasteiger partial charge in [-0.15, -0.1) is 0 Å². The van der Waals surface area contributed by atoms with Crippen molar-refractivity contribution in [1.29, 1.82) is 0 Å². The number of nitrogens with zero attached hydrogens (tertiary/aromatic N) is 3. The molecule has 23 heavy (non-hydrogen) atoms. The molecule has 0 unspecified atom stereocenters. The molecule has 0 N–H and O–H groups in total. The first-order valence-corrected chi connectivity index (χ1v) is 6.94.